The van der Waals surface area contributed by atoms with Crippen LogP contribution in [0.1, 0.15) is 11.1 Å². The maximum Gasteiger partial charge on any atom is 0.248 e. The number of hydrogen-bond acceptors (Lipinski definition) is 5. The van der Waals surface area contributed by atoms with Gasteiger partial charge in [-0.3, -0.25) is 14.5 Å². The van der Waals surface area contributed by atoms with Gasteiger partial charge in [0, 0.05) is 37.9 Å². The maximum absolute atomic E-state index is 12.3. The molecule has 3 heterocycles. The van der Waals surface area contributed by atoms with E-state index < -0.39 is 12.1 Å². The van der Waals surface area contributed by atoms with Gasteiger partial charge in [0.2, 0.25) is 11.8 Å². The predicted molar refractivity (Wildman–Crippen MR) is 98.1 cm³/mol. The van der Waals surface area contributed by atoms with Gasteiger partial charge in [-0.1, -0.05) is 17.7 Å². The number of nitrogens with one attached hydrogen (secondary N) is 1. The molecule has 8 nitrogen and oxygen atoms in total. The van der Waals surface area contributed by atoms with E-state index in [1.54, 1.807) is 4.90 Å². The largest absolute Gasteiger partial charge is 0.394 e. The molecule has 2 aromatic rings. The van der Waals surface area contributed by atoms with Crippen molar-refractivity contribution < 1.29 is 14.7 Å². The average Bonchev–Trinajstić information content (AvgIpc) is 3.13. The first kappa shape index (κ1) is 17.7. The molecule has 2 aliphatic rings. The first-order valence-corrected chi connectivity index (χ1v) is 9.10. The molecule has 142 valence electrons. The van der Waals surface area contributed by atoms with Gasteiger partial charge in [-0.15, -0.1) is 0 Å². The lowest BCUT2D eigenvalue weighted by Crippen LogP contribution is -2.69. The van der Waals surface area contributed by atoms with Gasteiger partial charge in [-0.2, -0.15) is 5.10 Å². The summed E-state index contributed by atoms with van der Waals surface area (Å²) in [6.45, 7) is 4.00. The van der Waals surface area contributed by atoms with Crippen LogP contribution in [0.25, 0.3) is 5.69 Å². The number of carbonyl (C=O) groups is 2. The highest BCUT2D eigenvalue weighted by Crippen LogP contribution is 2.18. The molecule has 0 saturated carbocycles. The molecule has 0 aliphatic carbocycles. The highest BCUT2D eigenvalue weighted by atomic mass is 16.3. The van der Waals surface area contributed by atoms with Crippen LogP contribution in [0.15, 0.2) is 36.7 Å². The molecule has 4 rings (SSSR count). The maximum atomic E-state index is 12.3. The number of aromatic nitrogens is 2. The Morgan fingerprint density at radius 3 is 2.74 bits per heavy atom. The van der Waals surface area contributed by atoms with Crippen molar-refractivity contribution in [2.75, 3.05) is 26.2 Å². The fourth-order valence-electron chi connectivity index (χ4n) is 3.66. The Morgan fingerprint density at radius 2 is 2.00 bits per heavy atom. The van der Waals surface area contributed by atoms with Crippen molar-refractivity contribution in [1.29, 1.82) is 0 Å². The Hall–Kier alpha value is -2.71. The van der Waals surface area contributed by atoms with Gasteiger partial charge < -0.3 is 15.3 Å². The minimum atomic E-state index is -0.812. The minimum absolute atomic E-state index is 0.200. The van der Waals surface area contributed by atoms with Crippen molar-refractivity contribution in [2.24, 2.45) is 0 Å². The summed E-state index contributed by atoms with van der Waals surface area (Å²) in [5, 5.41) is 16.3. The van der Waals surface area contributed by atoms with Gasteiger partial charge in [0.1, 0.15) is 12.1 Å². The summed E-state index contributed by atoms with van der Waals surface area (Å²) >= 11 is 0. The molecule has 0 spiro atoms. The highest BCUT2D eigenvalue weighted by molar-refractivity contribution is 5.97. The van der Waals surface area contributed by atoms with Crippen molar-refractivity contribution in [1.82, 2.24) is 24.9 Å². The van der Waals surface area contributed by atoms with Crippen molar-refractivity contribution in [3.63, 3.8) is 0 Å². The van der Waals surface area contributed by atoms with E-state index in [0.717, 1.165) is 11.3 Å². The van der Waals surface area contributed by atoms with E-state index in [2.05, 4.69) is 15.3 Å². The normalized spacial score (nSPS) is 23.3. The van der Waals surface area contributed by atoms with Gasteiger partial charge in [-0.25, -0.2) is 4.68 Å². The number of rotatable bonds is 4. The lowest BCUT2D eigenvalue weighted by Gasteiger charge is -2.44. The van der Waals surface area contributed by atoms with E-state index in [-0.39, 0.29) is 18.4 Å². The zero-order valence-corrected chi connectivity index (χ0v) is 15.2. The fraction of sp³-hybridized carbons (Fsp3) is 0.421. The van der Waals surface area contributed by atoms with Crippen LogP contribution in [0.5, 0.6) is 0 Å². The van der Waals surface area contributed by atoms with Gasteiger partial charge in [0.25, 0.3) is 0 Å². The van der Waals surface area contributed by atoms with Crippen LogP contribution in [-0.4, -0.2) is 74.8 Å². The molecule has 27 heavy (non-hydrogen) atoms. The molecule has 2 aliphatic heterocycles. The van der Waals surface area contributed by atoms with Gasteiger partial charge in [-0.05, 0) is 19.1 Å². The molecule has 1 aromatic carbocycles. The standard InChI is InChI=1S/C19H23N5O3/c1-13-2-4-15(5-3-13)24-10-14(8-20-24)9-22-6-7-23-17(11-22)18(26)21-16(12-25)19(23)27/h2-5,8,10,16-17,25H,6-7,9,11-12H2,1H3,(H,21,26)/t16-,17-/m1/s1. The molecule has 2 N–H and O–H groups in total. The highest BCUT2D eigenvalue weighted by Gasteiger charge is 2.43. The molecule has 0 radical (unpaired) electrons. The first-order chi connectivity index (χ1) is 13.0. The summed E-state index contributed by atoms with van der Waals surface area (Å²) < 4.78 is 1.84. The molecule has 0 unspecified atom stereocenters. The molecule has 2 amide bonds. The zero-order valence-electron chi connectivity index (χ0n) is 15.2. The molecule has 8 heteroatoms. The summed E-state index contributed by atoms with van der Waals surface area (Å²) in [6, 6.07) is 6.85. The van der Waals surface area contributed by atoms with Gasteiger partial charge >= 0.3 is 0 Å². The minimum Gasteiger partial charge on any atom is -0.394 e. The predicted octanol–water partition coefficient (Wildman–Crippen LogP) is -0.316. The number of aliphatic hydroxyl groups is 1. The van der Waals surface area contributed by atoms with E-state index in [0.29, 0.717) is 26.2 Å². The Morgan fingerprint density at radius 1 is 1.22 bits per heavy atom. The molecular formula is C19H23N5O3. The van der Waals surface area contributed by atoms with Gasteiger partial charge in [0.15, 0.2) is 0 Å². The average molecular weight is 369 g/mol. The zero-order chi connectivity index (χ0) is 19.0. The van der Waals surface area contributed by atoms with Crippen LogP contribution in [-0.2, 0) is 16.1 Å². The molecule has 2 saturated heterocycles. The smallest absolute Gasteiger partial charge is 0.248 e. The molecular weight excluding hydrogens is 346 g/mol. The molecule has 0 bridgehead atoms. The number of piperazine rings is 2. The van der Waals surface area contributed by atoms with E-state index in [1.165, 1.54) is 5.56 Å². The number of aryl methyl sites for hydroxylation is 1. The van der Waals surface area contributed by atoms with Crippen LogP contribution in [0.2, 0.25) is 0 Å². The number of hydrogen-bond donors (Lipinski definition) is 2. The number of amides is 2. The first-order valence-electron chi connectivity index (χ1n) is 9.10. The van der Waals surface area contributed by atoms with Crippen molar-refractivity contribution in [3.05, 3.63) is 47.8 Å². The number of nitrogens with zero attached hydrogens (tertiary/aromatic N) is 4. The fourth-order valence-corrected chi connectivity index (χ4v) is 3.66. The number of carbonyl (C=O) groups excluding carboxylic acids is 2. The van der Waals surface area contributed by atoms with Crippen LogP contribution in [0.3, 0.4) is 0 Å². The van der Waals surface area contributed by atoms with E-state index in [4.69, 9.17) is 0 Å². The number of benzene rings is 1. The lowest BCUT2D eigenvalue weighted by atomic mass is 10.0. The van der Waals surface area contributed by atoms with E-state index in [1.807, 2.05) is 48.3 Å². The third-order valence-corrected chi connectivity index (χ3v) is 5.19. The van der Waals surface area contributed by atoms with Crippen LogP contribution in [0, 0.1) is 6.92 Å². The third kappa shape index (κ3) is 3.45. The van der Waals surface area contributed by atoms with Crippen LogP contribution in [0.4, 0.5) is 0 Å². The summed E-state index contributed by atoms with van der Waals surface area (Å²) in [5.74, 6) is -0.400. The Labute approximate surface area is 157 Å². The van der Waals surface area contributed by atoms with Crippen LogP contribution < -0.4 is 5.32 Å². The topological polar surface area (TPSA) is 90.7 Å². The van der Waals surface area contributed by atoms with E-state index in [9.17, 15) is 14.7 Å². The number of aliphatic hydroxyl groups excluding tert-OH is 1. The Bertz CT molecular complexity index is 847. The summed E-state index contributed by atoms with van der Waals surface area (Å²) in [7, 11) is 0. The number of fused-ring (bicyclic) bond motifs is 1. The van der Waals surface area contributed by atoms with Gasteiger partial charge in [0.05, 0.1) is 18.5 Å². The second-order valence-electron chi connectivity index (χ2n) is 7.15. The van der Waals surface area contributed by atoms with Crippen molar-refractivity contribution in [3.8, 4) is 5.69 Å². The Kier molecular flexibility index (Phi) is 4.67. The third-order valence-electron chi connectivity index (χ3n) is 5.19. The molecule has 1 aromatic heterocycles. The van der Waals surface area contributed by atoms with E-state index >= 15 is 0 Å². The van der Waals surface area contributed by atoms with Crippen LogP contribution >= 0.6 is 0 Å². The van der Waals surface area contributed by atoms with Crippen molar-refractivity contribution >= 4 is 11.8 Å². The summed E-state index contributed by atoms with van der Waals surface area (Å²) in [5.41, 5.74) is 3.26. The lowest BCUT2D eigenvalue weighted by molar-refractivity contribution is -0.154. The molecule has 2 atom stereocenters. The second-order valence-corrected chi connectivity index (χ2v) is 7.15. The summed E-state index contributed by atoms with van der Waals surface area (Å²) in [4.78, 5) is 28.3. The molecule has 2 fully saturated rings. The second kappa shape index (κ2) is 7.13. The quantitative estimate of drug-likeness (QED) is 0.771. The SMILES string of the molecule is Cc1ccc(-n2cc(CN3CCN4C(=O)[C@@H](CO)NC(=O)[C@H]4C3)cn2)cc1. The monoisotopic (exact) mass is 369 g/mol. The Balaban J connectivity index is 1.42. The summed E-state index contributed by atoms with van der Waals surface area (Å²) in [6.07, 6.45) is 3.82. The van der Waals surface area contributed by atoms with Crippen molar-refractivity contribution in [2.45, 2.75) is 25.6 Å².